The fourth-order valence-corrected chi connectivity index (χ4v) is 1.92. The lowest BCUT2D eigenvalue weighted by Crippen LogP contribution is -2.43. The maximum absolute atomic E-state index is 5.16. The fourth-order valence-electron chi connectivity index (χ4n) is 1.56. The highest BCUT2D eigenvalue weighted by Gasteiger charge is 2.15. The van der Waals surface area contributed by atoms with E-state index in [4.69, 9.17) is 12.2 Å². The van der Waals surface area contributed by atoms with Crippen molar-refractivity contribution >= 4 is 17.3 Å². The number of hydrogen-bond donors (Lipinski definition) is 2. The first-order valence-electron chi connectivity index (χ1n) is 4.92. The molecular weight excluding hydrogens is 180 g/mol. The van der Waals surface area contributed by atoms with E-state index in [1.807, 2.05) is 13.0 Å². The van der Waals surface area contributed by atoms with Crippen LogP contribution in [-0.2, 0) is 0 Å². The van der Waals surface area contributed by atoms with E-state index >= 15 is 0 Å². The largest absolute Gasteiger partial charge is 0.360 e. The van der Waals surface area contributed by atoms with E-state index in [1.54, 1.807) is 0 Å². The summed E-state index contributed by atoms with van der Waals surface area (Å²) in [5, 5.41) is 7.24. The molecule has 1 atom stereocenters. The Kier molecular flexibility index (Phi) is 4.22. The fraction of sp³-hybridized carbons (Fsp3) is 0.700. The van der Waals surface area contributed by atoms with Gasteiger partial charge in [-0.25, -0.2) is 0 Å². The first kappa shape index (κ1) is 10.5. The SMILES string of the molecule is C=CC(C)NC(=S)NC1CCCC1. The summed E-state index contributed by atoms with van der Waals surface area (Å²) in [6.45, 7) is 5.73. The highest BCUT2D eigenvalue weighted by Crippen LogP contribution is 2.17. The van der Waals surface area contributed by atoms with Crippen LogP contribution in [0, 0.1) is 0 Å². The zero-order valence-electron chi connectivity index (χ0n) is 8.18. The van der Waals surface area contributed by atoms with E-state index in [9.17, 15) is 0 Å². The van der Waals surface area contributed by atoms with Crippen molar-refractivity contribution in [2.45, 2.75) is 44.7 Å². The topological polar surface area (TPSA) is 24.1 Å². The highest BCUT2D eigenvalue weighted by atomic mass is 32.1. The molecule has 0 radical (unpaired) electrons. The molecule has 0 spiro atoms. The molecule has 0 bridgehead atoms. The lowest BCUT2D eigenvalue weighted by molar-refractivity contribution is 0.616. The minimum atomic E-state index is 0.251. The van der Waals surface area contributed by atoms with Crippen LogP contribution in [-0.4, -0.2) is 17.2 Å². The van der Waals surface area contributed by atoms with E-state index < -0.39 is 0 Å². The van der Waals surface area contributed by atoms with Crippen molar-refractivity contribution in [2.24, 2.45) is 0 Å². The van der Waals surface area contributed by atoms with E-state index in [2.05, 4.69) is 17.2 Å². The van der Waals surface area contributed by atoms with Crippen LogP contribution >= 0.6 is 12.2 Å². The molecule has 1 aliphatic carbocycles. The van der Waals surface area contributed by atoms with Crippen molar-refractivity contribution in [1.29, 1.82) is 0 Å². The zero-order valence-corrected chi connectivity index (χ0v) is 8.99. The Hall–Kier alpha value is -0.570. The lowest BCUT2D eigenvalue weighted by Gasteiger charge is -2.17. The van der Waals surface area contributed by atoms with Crippen molar-refractivity contribution in [2.75, 3.05) is 0 Å². The molecule has 0 aromatic heterocycles. The molecule has 3 heteroatoms. The van der Waals surface area contributed by atoms with E-state index in [0.29, 0.717) is 6.04 Å². The van der Waals surface area contributed by atoms with Gasteiger partial charge in [0.1, 0.15) is 0 Å². The summed E-state index contributed by atoms with van der Waals surface area (Å²) >= 11 is 5.16. The smallest absolute Gasteiger partial charge is 0.166 e. The average molecular weight is 198 g/mol. The molecule has 13 heavy (non-hydrogen) atoms. The van der Waals surface area contributed by atoms with Crippen LogP contribution in [0.15, 0.2) is 12.7 Å². The highest BCUT2D eigenvalue weighted by molar-refractivity contribution is 7.80. The molecule has 1 saturated carbocycles. The molecule has 0 heterocycles. The molecule has 0 aromatic carbocycles. The van der Waals surface area contributed by atoms with Gasteiger partial charge in [-0.15, -0.1) is 6.58 Å². The summed E-state index contributed by atoms with van der Waals surface area (Å²) in [6.07, 6.45) is 7.02. The second-order valence-electron chi connectivity index (χ2n) is 3.62. The maximum Gasteiger partial charge on any atom is 0.166 e. The minimum Gasteiger partial charge on any atom is -0.360 e. The Morgan fingerprint density at radius 1 is 1.54 bits per heavy atom. The normalized spacial score (nSPS) is 19.5. The first-order valence-corrected chi connectivity index (χ1v) is 5.33. The van der Waals surface area contributed by atoms with Gasteiger partial charge in [-0.3, -0.25) is 0 Å². The van der Waals surface area contributed by atoms with Crippen LogP contribution in [0.2, 0.25) is 0 Å². The van der Waals surface area contributed by atoms with Gasteiger partial charge in [-0.2, -0.15) is 0 Å². The maximum atomic E-state index is 5.16. The molecule has 1 aliphatic rings. The van der Waals surface area contributed by atoms with Crippen molar-refractivity contribution in [3.63, 3.8) is 0 Å². The minimum absolute atomic E-state index is 0.251. The second-order valence-corrected chi connectivity index (χ2v) is 4.03. The molecule has 0 aliphatic heterocycles. The quantitative estimate of drug-likeness (QED) is 0.535. The van der Waals surface area contributed by atoms with Crippen LogP contribution in [0.5, 0.6) is 0 Å². The summed E-state index contributed by atoms with van der Waals surface area (Å²) in [4.78, 5) is 0. The Morgan fingerprint density at radius 2 is 2.15 bits per heavy atom. The molecule has 2 nitrogen and oxygen atoms in total. The number of thiocarbonyl (C=S) groups is 1. The molecule has 0 aromatic rings. The summed E-state index contributed by atoms with van der Waals surface area (Å²) < 4.78 is 0. The Balaban J connectivity index is 2.20. The molecule has 2 N–H and O–H groups in total. The monoisotopic (exact) mass is 198 g/mol. The van der Waals surface area contributed by atoms with Gasteiger partial charge in [-0.1, -0.05) is 18.9 Å². The van der Waals surface area contributed by atoms with Crippen molar-refractivity contribution in [3.8, 4) is 0 Å². The van der Waals surface area contributed by atoms with Gasteiger partial charge in [0.2, 0.25) is 0 Å². The van der Waals surface area contributed by atoms with Crippen LogP contribution in [0.4, 0.5) is 0 Å². The van der Waals surface area contributed by atoms with Crippen LogP contribution in [0.25, 0.3) is 0 Å². The Labute approximate surface area is 85.8 Å². The predicted octanol–water partition coefficient (Wildman–Crippen LogP) is 1.97. The summed E-state index contributed by atoms with van der Waals surface area (Å²) in [5.74, 6) is 0. The van der Waals surface area contributed by atoms with Gasteiger partial charge in [0.25, 0.3) is 0 Å². The van der Waals surface area contributed by atoms with Gasteiger partial charge in [0, 0.05) is 12.1 Å². The van der Waals surface area contributed by atoms with Crippen LogP contribution in [0.1, 0.15) is 32.6 Å². The predicted molar refractivity (Wildman–Crippen MR) is 60.8 cm³/mol. The average Bonchev–Trinajstić information content (AvgIpc) is 2.56. The number of hydrogen-bond acceptors (Lipinski definition) is 1. The summed E-state index contributed by atoms with van der Waals surface area (Å²) in [6, 6.07) is 0.846. The van der Waals surface area contributed by atoms with Gasteiger partial charge in [0.05, 0.1) is 0 Å². The van der Waals surface area contributed by atoms with Crippen LogP contribution < -0.4 is 10.6 Å². The molecule has 74 valence electrons. The third kappa shape index (κ3) is 3.77. The van der Waals surface area contributed by atoms with Gasteiger partial charge < -0.3 is 10.6 Å². The van der Waals surface area contributed by atoms with E-state index in [-0.39, 0.29) is 6.04 Å². The third-order valence-corrected chi connectivity index (χ3v) is 2.64. The van der Waals surface area contributed by atoms with Crippen molar-refractivity contribution in [3.05, 3.63) is 12.7 Å². The van der Waals surface area contributed by atoms with Gasteiger partial charge >= 0.3 is 0 Å². The Bertz CT molecular complexity index is 185. The van der Waals surface area contributed by atoms with Gasteiger partial charge in [-0.05, 0) is 32.0 Å². The van der Waals surface area contributed by atoms with Crippen LogP contribution in [0.3, 0.4) is 0 Å². The Morgan fingerprint density at radius 3 is 2.69 bits per heavy atom. The zero-order chi connectivity index (χ0) is 9.68. The summed E-state index contributed by atoms with van der Waals surface area (Å²) in [7, 11) is 0. The van der Waals surface area contributed by atoms with E-state index in [0.717, 1.165) is 5.11 Å². The van der Waals surface area contributed by atoms with Crippen molar-refractivity contribution < 1.29 is 0 Å². The molecular formula is C10H18N2S. The lowest BCUT2D eigenvalue weighted by atomic mass is 10.2. The molecule has 1 rings (SSSR count). The number of nitrogens with one attached hydrogen (secondary N) is 2. The summed E-state index contributed by atoms with van der Waals surface area (Å²) in [5.41, 5.74) is 0. The molecule has 0 saturated heterocycles. The standard InChI is InChI=1S/C10H18N2S/c1-3-8(2)11-10(13)12-9-6-4-5-7-9/h3,8-9H,1,4-7H2,2H3,(H2,11,12,13). The molecule has 1 fully saturated rings. The molecule has 1 unspecified atom stereocenters. The van der Waals surface area contributed by atoms with Crippen molar-refractivity contribution in [1.82, 2.24) is 10.6 Å². The second kappa shape index (κ2) is 5.22. The van der Waals surface area contributed by atoms with Gasteiger partial charge in [0.15, 0.2) is 5.11 Å². The third-order valence-electron chi connectivity index (χ3n) is 2.40. The van der Waals surface area contributed by atoms with E-state index in [1.165, 1.54) is 25.7 Å². The first-order chi connectivity index (χ1) is 6.22. The molecule has 0 amide bonds. The number of rotatable bonds is 3.